The van der Waals surface area contributed by atoms with Gasteiger partial charge in [0, 0.05) is 6.61 Å². The van der Waals surface area contributed by atoms with Gasteiger partial charge in [0.25, 0.3) is 5.09 Å². The zero-order chi connectivity index (χ0) is 15.5. The molecule has 0 aliphatic carbocycles. The van der Waals surface area contributed by atoms with Crippen molar-refractivity contribution in [1.82, 2.24) is 0 Å². The van der Waals surface area contributed by atoms with Crippen molar-refractivity contribution in [3.8, 4) is 0 Å². The number of ether oxygens (including phenoxy) is 3. The number of rotatable bonds is 5. The summed E-state index contributed by atoms with van der Waals surface area (Å²) in [5.74, 6) is -0.466. The molecule has 0 bridgehead atoms. The van der Waals surface area contributed by atoms with E-state index < -0.39 is 17.2 Å². The Hall–Kier alpha value is -2.19. The molecule has 0 radical (unpaired) electrons. The van der Waals surface area contributed by atoms with Crippen molar-refractivity contribution in [3.63, 3.8) is 0 Å². The molecule has 3 atom stereocenters. The van der Waals surface area contributed by atoms with Crippen LogP contribution in [0, 0.1) is 10.1 Å². The van der Waals surface area contributed by atoms with E-state index in [0.717, 1.165) is 6.42 Å². The van der Waals surface area contributed by atoms with Gasteiger partial charge in [-0.1, -0.05) is 12.1 Å². The number of carbonyl (C=O) groups is 1. The predicted octanol–water partition coefficient (Wildman–Crippen LogP) is 1.11. The van der Waals surface area contributed by atoms with Crippen LogP contribution in [0.25, 0.3) is 0 Å². The SMILES string of the molecule is O=C(O[C@@H]1CO[C@@H]2CCO[C@@H]21)c1ccc(CO[N+](=O)[O-])cc1. The molecule has 0 aromatic heterocycles. The molecule has 0 spiro atoms. The number of fused-ring (bicyclic) bond motifs is 1. The van der Waals surface area contributed by atoms with E-state index in [9.17, 15) is 14.9 Å². The van der Waals surface area contributed by atoms with Gasteiger partial charge in [0.15, 0.2) is 6.10 Å². The molecule has 8 nitrogen and oxygen atoms in total. The normalized spacial score (nSPS) is 26.5. The van der Waals surface area contributed by atoms with Gasteiger partial charge in [-0.3, -0.25) is 0 Å². The average molecular weight is 309 g/mol. The first-order valence-corrected chi connectivity index (χ1v) is 6.94. The van der Waals surface area contributed by atoms with Crippen molar-refractivity contribution in [1.29, 1.82) is 0 Å². The largest absolute Gasteiger partial charge is 0.453 e. The number of carbonyl (C=O) groups excluding carboxylic acids is 1. The Morgan fingerprint density at radius 1 is 1.32 bits per heavy atom. The maximum absolute atomic E-state index is 12.1. The zero-order valence-electron chi connectivity index (χ0n) is 11.7. The van der Waals surface area contributed by atoms with Crippen molar-refractivity contribution in [2.75, 3.05) is 13.2 Å². The highest BCUT2D eigenvalue weighted by atomic mass is 16.9. The van der Waals surface area contributed by atoms with Crippen molar-refractivity contribution >= 4 is 5.97 Å². The minimum absolute atomic E-state index is 0.0134. The van der Waals surface area contributed by atoms with Crippen molar-refractivity contribution in [3.05, 3.63) is 45.5 Å². The Morgan fingerprint density at radius 2 is 2.09 bits per heavy atom. The molecule has 2 aliphatic heterocycles. The summed E-state index contributed by atoms with van der Waals surface area (Å²) in [6, 6.07) is 6.26. The molecule has 1 aromatic rings. The topological polar surface area (TPSA) is 97.1 Å². The molecule has 118 valence electrons. The van der Waals surface area contributed by atoms with Gasteiger partial charge in [0.05, 0.1) is 18.3 Å². The highest BCUT2D eigenvalue weighted by Crippen LogP contribution is 2.28. The van der Waals surface area contributed by atoms with Gasteiger partial charge in [-0.15, -0.1) is 10.1 Å². The van der Waals surface area contributed by atoms with E-state index in [1.54, 1.807) is 24.3 Å². The third kappa shape index (κ3) is 3.18. The molecule has 3 rings (SSSR count). The number of hydrogen-bond acceptors (Lipinski definition) is 7. The van der Waals surface area contributed by atoms with Gasteiger partial charge in [0.2, 0.25) is 0 Å². The summed E-state index contributed by atoms with van der Waals surface area (Å²) < 4.78 is 16.5. The maximum atomic E-state index is 12.1. The maximum Gasteiger partial charge on any atom is 0.338 e. The van der Waals surface area contributed by atoms with Gasteiger partial charge in [-0.05, 0) is 24.1 Å². The van der Waals surface area contributed by atoms with E-state index >= 15 is 0 Å². The van der Waals surface area contributed by atoms with Crippen LogP contribution in [0.4, 0.5) is 0 Å². The van der Waals surface area contributed by atoms with Crippen LogP contribution in [0.3, 0.4) is 0 Å². The summed E-state index contributed by atoms with van der Waals surface area (Å²) in [5, 5.41) is 9.26. The lowest BCUT2D eigenvalue weighted by atomic mass is 10.1. The summed E-state index contributed by atoms with van der Waals surface area (Å²) in [7, 11) is 0. The lowest BCUT2D eigenvalue weighted by Gasteiger charge is -2.16. The minimum Gasteiger partial charge on any atom is -0.453 e. The van der Waals surface area contributed by atoms with E-state index in [1.165, 1.54) is 0 Å². The highest BCUT2D eigenvalue weighted by Gasteiger charge is 2.44. The van der Waals surface area contributed by atoms with Gasteiger partial charge in [-0.25, -0.2) is 4.79 Å². The van der Waals surface area contributed by atoms with Crippen LogP contribution in [0.2, 0.25) is 0 Å². The minimum atomic E-state index is -0.861. The van der Waals surface area contributed by atoms with Crippen LogP contribution in [-0.2, 0) is 25.7 Å². The molecule has 1 aromatic carbocycles. The van der Waals surface area contributed by atoms with E-state index in [0.29, 0.717) is 24.3 Å². The molecule has 2 heterocycles. The van der Waals surface area contributed by atoms with E-state index in [1.807, 2.05) is 0 Å². The first-order valence-electron chi connectivity index (χ1n) is 6.94. The summed E-state index contributed by atoms with van der Waals surface area (Å²) in [4.78, 5) is 26.5. The fourth-order valence-electron chi connectivity index (χ4n) is 2.60. The molecule has 0 saturated carbocycles. The standard InChI is InChI=1S/C14H15NO7/c16-14(22-12-8-20-11-5-6-19-13(11)12)10-3-1-9(2-4-10)7-21-15(17)18/h1-4,11-13H,5-8H2/t11-,12-,13+/m1/s1. The molecule has 2 aliphatic rings. The lowest BCUT2D eigenvalue weighted by molar-refractivity contribution is -0.763. The number of nitrogens with zero attached hydrogens (tertiary/aromatic N) is 1. The smallest absolute Gasteiger partial charge is 0.338 e. The van der Waals surface area contributed by atoms with Crippen LogP contribution in [0.15, 0.2) is 24.3 Å². The summed E-state index contributed by atoms with van der Waals surface area (Å²) >= 11 is 0. The van der Waals surface area contributed by atoms with Crippen molar-refractivity contribution in [2.45, 2.75) is 31.3 Å². The Labute approximate surface area is 126 Å². The molecule has 8 heteroatoms. The Bertz CT molecular complexity index is 559. The Morgan fingerprint density at radius 3 is 2.82 bits per heavy atom. The average Bonchev–Trinajstić information content (AvgIpc) is 3.10. The van der Waals surface area contributed by atoms with Gasteiger partial charge in [-0.2, -0.15) is 0 Å². The van der Waals surface area contributed by atoms with Crippen LogP contribution >= 0.6 is 0 Å². The van der Waals surface area contributed by atoms with E-state index in [4.69, 9.17) is 14.2 Å². The van der Waals surface area contributed by atoms with Gasteiger partial charge in [0.1, 0.15) is 12.7 Å². The first kappa shape index (κ1) is 14.7. The molecule has 2 saturated heterocycles. The zero-order valence-corrected chi connectivity index (χ0v) is 11.7. The highest BCUT2D eigenvalue weighted by molar-refractivity contribution is 5.89. The quantitative estimate of drug-likeness (QED) is 0.456. The first-order chi connectivity index (χ1) is 10.6. The van der Waals surface area contributed by atoms with Crippen LogP contribution in [0.1, 0.15) is 22.3 Å². The monoisotopic (exact) mass is 309 g/mol. The number of benzene rings is 1. The summed E-state index contributed by atoms with van der Waals surface area (Å²) in [6.45, 7) is 0.806. The summed E-state index contributed by atoms with van der Waals surface area (Å²) in [6.07, 6.45) is 0.262. The fraction of sp³-hybridized carbons (Fsp3) is 0.500. The van der Waals surface area contributed by atoms with Gasteiger partial charge >= 0.3 is 5.97 Å². The predicted molar refractivity (Wildman–Crippen MR) is 71.5 cm³/mol. The second kappa shape index (κ2) is 6.29. The number of esters is 1. The molecular formula is C14H15NO7. The fourth-order valence-corrected chi connectivity index (χ4v) is 2.60. The Balaban J connectivity index is 1.57. The molecule has 0 amide bonds. The molecule has 0 N–H and O–H groups in total. The molecule has 22 heavy (non-hydrogen) atoms. The third-order valence-corrected chi connectivity index (χ3v) is 3.70. The number of hydrogen-bond donors (Lipinski definition) is 0. The van der Waals surface area contributed by atoms with E-state index in [2.05, 4.69) is 4.84 Å². The van der Waals surface area contributed by atoms with Crippen molar-refractivity contribution in [2.24, 2.45) is 0 Å². The van der Waals surface area contributed by atoms with Gasteiger partial charge < -0.3 is 19.0 Å². The lowest BCUT2D eigenvalue weighted by Crippen LogP contribution is -2.32. The molecule has 0 unspecified atom stereocenters. The second-order valence-electron chi connectivity index (χ2n) is 5.13. The Kier molecular flexibility index (Phi) is 4.21. The third-order valence-electron chi connectivity index (χ3n) is 3.70. The van der Waals surface area contributed by atoms with Crippen LogP contribution < -0.4 is 0 Å². The molecular weight excluding hydrogens is 294 g/mol. The van der Waals surface area contributed by atoms with Crippen LogP contribution in [0.5, 0.6) is 0 Å². The summed E-state index contributed by atoms with van der Waals surface area (Å²) in [5.41, 5.74) is 0.961. The van der Waals surface area contributed by atoms with E-state index in [-0.39, 0.29) is 18.8 Å². The molecule has 2 fully saturated rings. The van der Waals surface area contributed by atoms with Crippen molar-refractivity contribution < 1.29 is 28.9 Å². The van der Waals surface area contributed by atoms with Crippen LogP contribution in [-0.4, -0.2) is 42.6 Å². The second-order valence-corrected chi connectivity index (χ2v) is 5.13.